The maximum Gasteiger partial charge on any atom is 0.405 e. The van der Waals surface area contributed by atoms with Crippen molar-refractivity contribution in [1.29, 1.82) is 0 Å². The summed E-state index contributed by atoms with van der Waals surface area (Å²) < 4.78 is 52.2. The molecule has 3 heterocycles. The van der Waals surface area contributed by atoms with E-state index in [1.807, 2.05) is 25.1 Å². The fourth-order valence-corrected chi connectivity index (χ4v) is 9.29. The zero-order valence-corrected chi connectivity index (χ0v) is 29.8. The van der Waals surface area contributed by atoms with Gasteiger partial charge in [-0.25, -0.2) is 22.6 Å². The molecule has 0 spiro atoms. The Morgan fingerprint density at radius 3 is 2.49 bits per heavy atom. The standard InChI is InChI=1S/C35H46FN5O9S/c1-20-8-4-5-9-22-16-35(22,32(44)40-51(47,48)34(19-36)12-13-34)39-29(42)26-15-23(18-41(26)31(43)28(21(2)14-20)38-33(45)46)50-30-25-11-7-6-10-24(25)27(49-3)17-37-30/h6-7,10-11,17,20-23,26,28,38H,4-5,8-9,12-16,18-19H2,1-3H3,(H,39,42)(H,40,44)(H,45,46)/t20-,21+,22?,23+,26-,28-,35?/m0/s1. The van der Waals surface area contributed by atoms with Crippen molar-refractivity contribution in [3.63, 3.8) is 0 Å². The molecule has 0 bridgehead atoms. The van der Waals surface area contributed by atoms with E-state index in [4.69, 9.17) is 9.47 Å². The molecule has 4 amide bonds. The van der Waals surface area contributed by atoms with E-state index in [9.17, 15) is 37.1 Å². The van der Waals surface area contributed by atoms with Crippen LogP contribution in [0.15, 0.2) is 30.5 Å². The molecule has 16 heteroatoms. The Balaban J connectivity index is 1.33. The molecule has 4 aliphatic rings. The van der Waals surface area contributed by atoms with Crippen molar-refractivity contribution in [3.05, 3.63) is 30.5 Å². The molecule has 4 fully saturated rings. The van der Waals surface area contributed by atoms with Gasteiger partial charge in [-0.1, -0.05) is 51.3 Å². The van der Waals surface area contributed by atoms with Crippen LogP contribution in [-0.4, -0.2) is 96.0 Å². The first-order valence-electron chi connectivity index (χ1n) is 17.6. The van der Waals surface area contributed by atoms with Gasteiger partial charge >= 0.3 is 6.09 Å². The predicted octanol–water partition coefficient (Wildman–Crippen LogP) is 3.29. The molecule has 2 aromatic rings. The number of hydrogen-bond acceptors (Lipinski definition) is 9. The Morgan fingerprint density at radius 1 is 1.12 bits per heavy atom. The SMILES string of the molecule is COc1cnc(O[C@@H]2C[C@H]3C(=O)NC4(C(=O)NS(=O)(=O)C5(CF)CC5)CC4CCCC[C@H](C)C[C@@H](C)[C@H](NC(=O)O)C(=O)N3C2)c2ccccc12. The highest BCUT2D eigenvalue weighted by Crippen LogP contribution is 2.49. The van der Waals surface area contributed by atoms with Crippen molar-refractivity contribution < 1.29 is 46.6 Å². The minimum atomic E-state index is -4.36. The maximum atomic E-state index is 14.3. The zero-order chi connectivity index (χ0) is 36.7. The number of halogens is 1. The van der Waals surface area contributed by atoms with Crippen LogP contribution >= 0.6 is 0 Å². The number of nitrogens with one attached hydrogen (secondary N) is 3. The topological polar surface area (TPSA) is 193 Å². The van der Waals surface area contributed by atoms with Gasteiger partial charge in [0.1, 0.15) is 40.9 Å². The van der Waals surface area contributed by atoms with E-state index in [-0.39, 0.29) is 49.9 Å². The van der Waals surface area contributed by atoms with E-state index >= 15 is 0 Å². The quantitative estimate of drug-likeness (QED) is 0.313. The minimum Gasteiger partial charge on any atom is -0.494 e. The first-order valence-corrected chi connectivity index (χ1v) is 19.1. The van der Waals surface area contributed by atoms with E-state index in [1.54, 1.807) is 13.0 Å². The number of alkyl halides is 1. The van der Waals surface area contributed by atoms with E-state index in [2.05, 4.69) is 20.3 Å². The lowest BCUT2D eigenvalue weighted by atomic mass is 9.87. The number of nitrogens with zero attached hydrogens (tertiary/aromatic N) is 2. The van der Waals surface area contributed by atoms with Crippen LogP contribution in [0.2, 0.25) is 0 Å². The Labute approximate surface area is 296 Å². The second-order valence-corrected chi connectivity index (χ2v) is 16.9. The van der Waals surface area contributed by atoms with Crippen molar-refractivity contribution in [2.24, 2.45) is 17.8 Å². The molecule has 2 aliphatic carbocycles. The van der Waals surface area contributed by atoms with Crippen LogP contribution in [0.4, 0.5) is 9.18 Å². The fourth-order valence-electron chi connectivity index (χ4n) is 7.87. The lowest BCUT2D eigenvalue weighted by Crippen LogP contribution is -2.59. The van der Waals surface area contributed by atoms with E-state index in [0.717, 1.165) is 18.2 Å². The summed E-state index contributed by atoms with van der Waals surface area (Å²) in [6, 6.07) is 4.94. The number of amides is 4. The predicted molar refractivity (Wildman–Crippen MR) is 183 cm³/mol. The van der Waals surface area contributed by atoms with Crippen molar-refractivity contribution >= 4 is 44.6 Å². The molecule has 4 N–H and O–H groups in total. The summed E-state index contributed by atoms with van der Waals surface area (Å²) in [4.78, 5) is 60.1. The van der Waals surface area contributed by atoms with Crippen LogP contribution in [0.3, 0.4) is 0 Å². The van der Waals surface area contributed by atoms with Crippen molar-refractivity contribution in [1.82, 2.24) is 25.2 Å². The number of sulfonamides is 1. The number of fused-ring (bicyclic) bond motifs is 3. The van der Waals surface area contributed by atoms with Gasteiger partial charge < -0.3 is 30.1 Å². The number of aromatic nitrogens is 1. The molecule has 14 nitrogen and oxygen atoms in total. The van der Waals surface area contributed by atoms with Gasteiger partial charge in [0, 0.05) is 17.2 Å². The largest absolute Gasteiger partial charge is 0.494 e. The molecule has 2 unspecified atom stereocenters. The summed E-state index contributed by atoms with van der Waals surface area (Å²) in [5.74, 6) is -2.10. The lowest BCUT2D eigenvalue weighted by molar-refractivity contribution is -0.142. The van der Waals surface area contributed by atoms with Crippen molar-refractivity contribution in [2.75, 3.05) is 20.3 Å². The van der Waals surface area contributed by atoms with Gasteiger partial charge in [-0.15, -0.1) is 0 Å². The highest BCUT2D eigenvalue weighted by molar-refractivity contribution is 7.91. The number of hydrogen-bond donors (Lipinski definition) is 4. The van der Waals surface area contributed by atoms with Crippen LogP contribution in [0.25, 0.3) is 10.8 Å². The lowest BCUT2D eigenvalue weighted by Gasteiger charge is -2.32. The Bertz CT molecular complexity index is 1810. The van der Waals surface area contributed by atoms with Crippen LogP contribution in [-0.2, 0) is 24.4 Å². The molecule has 278 valence electrons. The van der Waals surface area contributed by atoms with Gasteiger partial charge in [-0.2, -0.15) is 0 Å². The number of carbonyl (C=O) groups excluding carboxylic acids is 3. The zero-order valence-electron chi connectivity index (χ0n) is 29.0. The highest BCUT2D eigenvalue weighted by atomic mass is 32.2. The summed E-state index contributed by atoms with van der Waals surface area (Å²) in [5.41, 5.74) is -1.57. The number of benzene rings is 1. The summed E-state index contributed by atoms with van der Waals surface area (Å²) in [7, 11) is -2.83. The summed E-state index contributed by atoms with van der Waals surface area (Å²) in [5, 5.41) is 16.3. The fraction of sp³-hybridized carbons (Fsp3) is 0.629. The van der Waals surface area contributed by atoms with Gasteiger partial charge in [0.15, 0.2) is 0 Å². The third-order valence-corrected chi connectivity index (χ3v) is 13.3. The highest BCUT2D eigenvalue weighted by Gasteiger charge is 2.64. The molecule has 0 radical (unpaired) electrons. The van der Waals surface area contributed by atoms with Crippen molar-refractivity contribution in [3.8, 4) is 11.6 Å². The van der Waals surface area contributed by atoms with E-state index in [1.165, 1.54) is 18.2 Å². The molecular weight excluding hydrogens is 685 g/mol. The van der Waals surface area contributed by atoms with Crippen molar-refractivity contribution in [2.45, 2.75) is 100 Å². The molecule has 6 rings (SSSR count). The van der Waals surface area contributed by atoms with E-state index < -0.39 is 74.9 Å². The monoisotopic (exact) mass is 731 g/mol. The van der Waals surface area contributed by atoms with Gasteiger partial charge in [0.2, 0.25) is 27.7 Å². The third-order valence-electron chi connectivity index (χ3n) is 11.2. The molecule has 1 aromatic carbocycles. The first kappa shape index (κ1) is 36.6. The Hall–Kier alpha value is -4.21. The summed E-state index contributed by atoms with van der Waals surface area (Å²) >= 11 is 0. The minimum absolute atomic E-state index is 0.0180. The van der Waals surface area contributed by atoms with Crippen LogP contribution in [0, 0.1) is 17.8 Å². The van der Waals surface area contributed by atoms with Gasteiger partial charge in [0.05, 0.1) is 19.9 Å². The molecule has 1 aromatic heterocycles. The molecular formula is C35H46FN5O9S. The van der Waals surface area contributed by atoms with Gasteiger partial charge in [-0.05, 0) is 55.9 Å². The number of ether oxygens (including phenoxy) is 2. The van der Waals surface area contributed by atoms with Gasteiger partial charge in [-0.3, -0.25) is 19.1 Å². The third kappa shape index (κ3) is 7.15. The number of pyridine rings is 1. The van der Waals surface area contributed by atoms with Gasteiger partial charge in [0.25, 0.3) is 5.91 Å². The van der Waals surface area contributed by atoms with E-state index in [0.29, 0.717) is 30.4 Å². The second-order valence-electron chi connectivity index (χ2n) is 14.8. The maximum absolute atomic E-state index is 14.3. The Morgan fingerprint density at radius 2 is 1.82 bits per heavy atom. The number of carboxylic acid groups (broad SMARTS) is 1. The second kappa shape index (κ2) is 14.1. The summed E-state index contributed by atoms with van der Waals surface area (Å²) in [6.07, 6.45) is 3.09. The smallest absolute Gasteiger partial charge is 0.405 e. The number of methoxy groups -OCH3 is 1. The molecule has 51 heavy (non-hydrogen) atoms. The number of carbonyl (C=O) groups is 4. The van der Waals surface area contributed by atoms with Crippen LogP contribution in [0.1, 0.15) is 71.6 Å². The first-order chi connectivity index (χ1) is 24.2. The molecule has 2 saturated heterocycles. The normalized spacial score (nSPS) is 30.9. The number of rotatable bonds is 8. The molecule has 7 atom stereocenters. The Kier molecular flexibility index (Phi) is 10.1. The molecule has 2 saturated carbocycles. The molecule has 2 aliphatic heterocycles. The van der Waals surface area contributed by atoms with Crippen LogP contribution in [0.5, 0.6) is 11.6 Å². The average molecular weight is 732 g/mol. The average Bonchev–Trinajstić information content (AvgIpc) is 4.00. The summed E-state index contributed by atoms with van der Waals surface area (Å²) in [6.45, 7) is 2.63. The van der Waals surface area contributed by atoms with Crippen LogP contribution < -0.4 is 24.8 Å².